The molecule has 0 aromatic heterocycles. The molecule has 2 atom stereocenters. The van der Waals surface area contributed by atoms with Gasteiger partial charge in [-0.25, -0.2) is 4.39 Å². The number of carbonyl (C=O) groups is 2. The second kappa shape index (κ2) is 8.77. The summed E-state index contributed by atoms with van der Waals surface area (Å²) in [5.41, 5.74) is 0.270. The highest BCUT2D eigenvalue weighted by Crippen LogP contribution is 2.65. The number of hydrogen-bond donors (Lipinski definition) is 2. The summed E-state index contributed by atoms with van der Waals surface area (Å²) in [5.74, 6) is -3.81. The fourth-order valence-electron chi connectivity index (χ4n) is 3.05. The number of benzene rings is 2. The Morgan fingerprint density at radius 2 is 1.81 bits per heavy atom. The minimum absolute atomic E-state index is 0.100. The SMILES string of the molecule is O=C(NCC(F)(F)F)c1cc(NC(=O)[C@H]2[C@H](c3ccc(Br)c(F)c3)C2(Cl)Cl)ccc1Cl. The van der Waals surface area contributed by atoms with Crippen LogP contribution in [0.25, 0.3) is 0 Å². The molecule has 12 heteroatoms. The van der Waals surface area contributed by atoms with Crippen LogP contribution in [-0.2, 0) is 4.79 Å². The Labute approximate surface area is 197 Å². The molecule has 2 aromatic rings. The Balaban J connectivity index is 1.74. The standard InChI is InChI=1S/C19H12BrCl3F4N2O2/c20-11-3-1-8(5-13(11)24)14-15(19(14,22)23)17(31)29-9-2-4-12(21)10(6-9)16(30)28-7-18(25,26)27/h1-6,14-15H,7H2,(H,28,30)(H,29,31)/t14-,15+/m0/s1. The average Bonchev–Trinajstić information content (AvgIpc) is 3.25. The van der Waals surface area contributed by atoms with Crippen LogP contribution in [0.15, 0.2) is 40.9 Å². The van der Waals surface area contributed by atoms with Gasteiger partial charge in [-0.15, -0.1) is 23.2 Å². The van der Waals surface area contributed by atoms with Crippen molar-refractivity contribution in [1.29, 1.82) is 0 Å². The van der Waals surface area contributed by atoms with E-state index in [1.807, 2.05) is 0 Å². The van der Waals surface area contributed by atoms with E-state index in [1.54, 1.807) is 11.4 Å². The third-order valence-corrected chi connectivity index (χ3v) is 6.48. The van der Waals surface area contributed by atoms with Gasteiger partial charge in [0.05, 0.1) is 21.0 Å². The lowest BCUT2D eigenvalue weighted by Gasteiger charge is -2.11. The Morgan fingerprint density at radius 1 is 1.13 bits per heavy atom. The van der Waals surface area contributed by atoms with E-state index in [4.69, 9.17) is 34.8 Å². The molecule has 2 amide bonds. The minimum Gasteiger partial charge on any atom is -0.343 e. The van der Waals surface area contributed by atoms with E-state index >= 15 is 0 Å². The maximum absolute atomic E-state index is 13.8. The molecule has 1 fully saturated rings. The lowest BCUT2D eigenvalue weighted by molar-refractivity contribution is -0.123. The summed E-state index contributed by atoms with van der Waals surface area (Å²) in [7, 11) is 0. The van der Waals surface area contributed by atoms with Crippen molar-refractivity contribution in [3.63, 3.8) is 0 Å². The zero-order valence-corrected chi connectivity index (χ0v) is 19.0. The number of nitrogens with one attached hydrogen (secondary N) is 2. The number of halogens is 8. The molecule has 0 heterocycles. The summed E-state index contributed by atoms with van der Waals surface area (Å²) < 4.78 is 49.6. The van der Waals surface area contributed by atoms with Crippen molar-refractivity contribution in [2.45, 2.75) is 16.4 Å². The largest absolute Gasteiger partial charge is 0.405 e. The summed E-state index contributed by atoms with van der Waals surface area (Å²) in [6.45, 7) is -1.53. The molecule has 0 bridgehead atoms. The molecule has 166 valence electrons. The monoisotopic (exact) mass is 560 g/mol. The second-order valence-electron chi connectivity index (χ2n) is 6.79. The zero-order chi connectivity index (χ0) is 23.1. The molecule has 0 aliphatic heterocycles. The first-order valence-corrected chi connectivity index (χ1v) is 10.5. The van der Waals surface area contributed by atoms with E-state index in [0.717, 1.165) is 6.07 Å². The van der Waals surface area contributed by atoms with E-state index in [9.17, 15) is 27.2 Å². The van der Waals surface area contributed by atoms with Crippen molar-refractivity contribution < 1.29 is 27.2 Å². The average molecular weight is 563 g/mol. The van der Waals surface area contributed by atoms with E-state index < -0.39 is 46.5 Å². The van der Waals surface area contributed by atoms with Gasteiger partial charge in [0.1, 0.15) is 16.7 Å². The fraction of sp³-hybridized carbons (Fsp3) is 0.263. The lowest BCUT2D eigenvalue weighted by Crippen LogP contribution is -2.33. The Bertz CT molecular complexity index is 1050. The van der Waals surface area contributed by atoms with E-state index in [2.05, 4.69) is 21.2 Å². The topological polar surface area (TPSA) is 58.2 Å². The molecule has 1 saturated carbocycles. The van der Waals surface area contributed by atoms with E-state index in [0.29, 0.717) is 5.56 Å². The van der Waals surface area contributed by atoms with Gasteiger partial charge in [-0.2, -0.15) is 13.2 Å². The first kappa shape index (κ1) is 24.1. The number of rotatable bonds is 5. The molecule has 31 heavy (non-hydrogen) atoms. The highest BCUT2D eigenvalue weighted by atomic mass is 79.9. The summed E-state index contributed by atoms with van der Waals surface area (Å²) in [5, 5.41) is 4.11. The van der Waals surface area contributed by atoms with Crippen LogP contribution < -0.4 is 10.6 Å². The highest BCUT2D eigenvalue weighted by molar-refractivity contribution is 9.10. The van der Waals surface area contributed by atoms with Crippen LogP contribution in [0.4, 0.5) is 23.2 Å². The van der Waals surface area contributed by atoms with Gasteiger partial charge in [-0.05, 0) is 51.8 Å². The highest BCUT2D eigenvalue weighted by Gasteiger charge is 2.67. The summed E-state index contributed by atoms with van der Waals surface area (Å²) in [4.78, 5) is 24.7. The molecule has 0 unspecified atom stereocenters. The van der Waals surface area contributed by atoms with Crippen molar-refractivity contribution in [2.24, 2.45) is 5.92 Å². The third-order valence-electron chi connectivity index (χ3n) is 4.57. The van der Waals surface area contributed by atoms with Gasteiger partial charge < -0.3 is 10.6 Å². The zero-order valence-electron chi connectivity index (χ0n) is 15.2. The van der Waals surface area contributed by atoms with Gasteiger partial charge in [-0.3, -0.25) is 9.59 Å². The number of hydrogen-bond acceptors (Lipinski definition) is 2. The molecule has 4 nitrogen and oxygen atoms in total. The molecular formula is C19H12BrCl3F4N2O2. The smallest absolute Gasteiger partial charge is 0.343 e. The maximum Gasteiger partial charge on any atom is 0.405 e. The Hall–Kier alpha value is -1.55. The number of amides is 2. The molecule has 0 saturated heterocycles. The van der Waals surface area contributed by atoms with Crippen molar-refractivity contribution in [1.82, 2.24) is 5.32 Å². The summed E-state index contributed by atoms with van der Waals surface area (Å²) >= 11 is 21.4. The van der Waals surface area contributed by atoms with Crippen molar-refractivity contribution in [3.05, 3.63) is 62.8 Å². The molecule has 0 spiro atoms. The van der Waals surface area contributed by atoms with Crippen molar-refractivity contribution >= 4 is 68.2 Å². The van der Waals surface area contributed by atoms with Crippen LogP contribution in [0.2, 0.25) is 5.02 Å². The predicted molar refractivity (Wildman–Crippen MR) is 113 cm³/mol. The molecule has 2 N–H and O–H groups in total. The molecule has 3 rings (SSSR count). The van der Waals surface area contributed by atoms with Crippen LogP contribution in [0.3, 0.4) is 0 Å². The fourth-order valence-corrected chi connectivity index (χ4v) is 4.32. The van der Waals surface area contributed by atoms with Gasteiger partial charge >= 0.3 is 6.18 Å². The summed E-state index contributed by atoms with van der Waals surface area (Å²) in [6.07, 6.45) is -4.59. The van der Waals surface area contributed by atoms with Crippen molar-refractivity contribution in [2.75, 3.05) is 11.9 Å². The van der Waals surface area contributed by atoms with Gasteiger partial charge in [-0.1, -0.05) is 17.7 Å². The number of alkyl halides is 5. The number of carbonyl (C=O) groups excluding carboxylic acids is 2. The van der Waals surface area contributed by atoms with Crippen LogP contribution in [0.1, 0.15) is 21.8 Å². The first-order chi connectivity index (χ1) is 14.3. The second-order valence-corrected chi connectivity index (χ2v) is 9.49. The van der Waals surface area contributed by atoms with Gasteiger partial charge in [0.2, 0.25) is 5.91 Å². The van der Waals surface area contributed by atoms with Gasteiger partial charge in [0.15, 0.2) is 0 Å². The molecule has 1 aliphatic rings. The van der Waals surface area contributed by atoms with E-state index in [1.165, 1.54) is 24.3 Å². The summed E-state index contributed by atoms with van der Waals surface area (Å²) in [6, 6.07) is 8.01. The van der Waals surface area contributed by atoms with Crippen molar-refractivity contribution in [3.8, 4) is 0 Å². The lowest BCUT2D eigenvalue weighted by atomic mass is 10.1. The van der Waals surface area contributed by atoms with Crippen LogP contribution in [0.5, 0.6) is 0 Å². The third kappa shape index (κ3) is 5.45. The molecule has 2 aromatic carbocycles. The number of anilines is 1. The normalized spacial score (nSPS) is 19.6. The molecular weight excluding hydrogens is 550 g/mol. The van der Waals surface area contributed by atoms with Crippen LogP contribution in [-0.4, -0.2) is 28.9 Å². The Morgan fingerprint density at radius 3 is 2.42 bits per heavy atom. The molecule has 0 radical (unpaired) electrons. The van der Waals surface area contributed by atoms with Gasteiger partial charge in [0, 0.05) is 11.6 Å². The van der Waals surface area contributed by atoms with Gasteiger partial charge in [0.25, 0.3) is 5.91 Å². The maximum atomic E-state index is 13.8. The predicted octanol–water partition coefficient (Wildman–Crippen LogP) is 6.06. The van der Waals surface area contributed by atoms with Crippen LogP contribution in [0, 0.1) is 11.7 Å². The van der Waals surface area contributed by atoms with Crippen LogP contribution >= 0.6 is 50.7 Å². The molecule has 1 aliphatic carbocycles. The minimum atomic E-state index is -4.59. The quantitative estimate of drug-likeness (QED) is 0.344. The Kier molecular flexibility index (Phi) is 6.82. The van der Waals surface area contributed by atoms with E-state index in [-0.39, 0.29) is 20.7 Å². The first-order valence-electron chi connectivity index (χ1n) is 8.59.